The van der Waals surface area contributed by atoms with Gasteiger partial charge in [0.05, 0.1) is 33.0 Å². The van der Waals surface area contributed by atoms with Crippen LogP contribution in [0.15, 0.2) is 121 Å². The summed E-state index contributed by atoms with van der Waals surface area (Å²) in [5.74, 6) is -0.114. The molecule has 0 aromatic heterocycles. The Labute approximate surface area is 259 Å². The molecule has 5 rings (SSSR count). The minimum Gasteiger partial charge on any atom is -0.374 e. The summed E-state index contributed by atoms with van der Waals surface area (Å²) in [6.07, 6.45) is -3.29. The molecule has 1 fully saturated rings. The van der Waals surface area contributed by atoms with E-state index in [1.807, 2.05) is 121 Å². The summed E-state index contributed by atoms with van der Waals surface area (Å²) in [5.41, 5.74) is 4.08. The molecule has 0 N–H and O–H groups in total. The molecule has 1 aliphatic heterocycles. The standard InChI is InChI=1S/C37H40O7/c1-28(38)22-43-37-36(42-26-32-20-12-5-13-21-32)35(41-25-31-18-10-4-11-19-31)34(40-24-30-16-8-3-9-17-30)33(44-37)27-39-23-29-14-6-2-7-15-29/h2-21,33-37H,22-27H2,1H3. The van der Waals surface area contributed by atoms with Crippen LogP contribution < -0.4 is 0 Å². The van der Waals surface area contributed by atoms with E-state index in [9.17, 15) is 4.79 Å². The van der Waals surface area contributed by atoms with Crippen molar-refractivity contribution in [3.8, 4) is 0 Å². The monoisotopic (exact) mass is 596 g/mol. The third-order valence-corrected chi connectivity index (χ3v) is 7.29. The van der Waals surface area contributed by atoms with E-state index < -0.39 is 30.7 Å². The van der Waals surface area contributed by atoms with Gasteiger partial charge in [0.15, 0.2) is 12.1 Å². The molecule has 0 bridgehead atoms. The second kappa shape index (κ2) is 17.0. The Morgan fingerprint density at radius 2 is 0.955 bits per heavy atom. The van der Waals surface area contributed by atoms with Crippen molar-refractivity contribution < 1.29 is 33.2 Å². The van der Waals surface area contributed by atoms with Crippen molar-refractivity contribution in [2.24, 2.45) is 0 Å². The predicted octanol–water partition coefficient (Wildman–Crippen LogP) is 6.29. The Balaban J connectivity index is 1.42. The quantitative estimate of drug-likeness (QED) is 0.151. The van der Waals surface area contributed by atoms with E-state index in [1.165, 1.54) is 6.92 Å². The van der Waals surface area contributed by atoms with Crippen molar-refractivity contribution in [1.29, 1.82) is 0 Å². The summed E-state index contributed by atoms with van der Waals surface area (Å²) in [5, 5.41) is 0. The Morgan fingerprint density at radius 3 is 1.41 bits per heavy atom. The molecule has 7 heteroatoms. The zero-order chi connectivity index (χ0) is 30.4. The summed E-state index contributed by atoms with van der Waals surface area (Å²) in [6.45, 7) is 2.99. The molecule has 0 spiro atoms. The van der Waals surface area contributed by atoms with Crippen LogP contribution in [0.1, 0.15) is 29.2 Å². The largest absolute Gasteiger partial charge is 0.374 e. The van der Waals surface area contributed by atoms with Crippen LogP contribution in [-0.4, -0.2) is 49.7 Å². The van der Waals surface area contributed by atoms with Crippen LogP contribution in [0.25, 0.3) is 0 Å². The summed E-state index contributed by atoms with van der Waals surface area (Å²) < 4.78 is 38.5. The molecule has 0 saturated carbocycles. The van der Waals surface area contributed by atoms with Gasteiger partial charge >= 0.3 is 0 Å². The van der Waals surface area contributed by atoms with Crippen LogP contribution >= 0.6 is 0 Å². The number of benzene rings is 4. The maximum atomic E-state index is 12.0. The van der Waals surface area contributed by atoms with Crippen LogP contribution in [-0.2, 0) is 59.6 Å². The van der Waals surface area contributed by atoms with E-state index in [-0.39, 0.29) is 19.0 Å². The number of ketones is 1. The molecule has 7 nitrogen and oxygen atoms in total. The minimum atomic E-state index is -0.884. The first-order chi connectivity index (χ1) is 21.7. The first-order valence-electron chi connectivity index (χ1n) is 15.0. The summed E-state index contributed by atoms with van der Waals surface area (Å²) >= 11 is 0. The van der Waals surface area contributed by atoms with Gasteiger partial charge < -0.3 is 28.4 Å². The fraction of sp³-hybridized carbons (Fsp3) is 0.324. The summed E-state index contributed by atoms with van der Waals surface area (Å²) in [7, 11) is 0. The Kier molecular flexibility index (Phi) is 12.2. The molecule has 230 valence electrons. The highest BCUT2D eigenvalue weighted by Crippen LogP contribution is 2.31. The molecule has 5 atom stereocenters. The molecule has 5 unspecified atom stereocenters. The van der Waals surface area contributed by atoms with Crippen LogP contribution in [0.5, 0.6) is 0 Å². The maximum Gasteiger partial charge on any atom is 0.187 e. The van der Waals surface area contributed by atoms with E-state index in [1.54, 1.807) is 0 Å². The highest BCUT2D eigenvalue weighted by atomic mass is 16.7. The Bertz CT molecular complexity index is 1370. The van der Waals surface area contributed by atoms with E-state index in [0.29, 0.717) is 26.4 Å². The van der Waals surface area contributed by atoms with E-state index >= 15 is 0 Å². The first kappa shape index (κ1) is 31.7. The van der Waals surface area contributed by atoms with Gasteiger partial charge in [-0.05, 0) is 29.2 Å². The molecule has 1 saturated heterocycles. The second-order valence-electron chi connectivity index (χ2n) is 10.8. The van der Waals surface area contributed by atoms with Gasteiger partial charge in [-0.1, -0.05) is 121 Å². The lowest BCUT2D eigenvalue weighted by Gasteiger charge is -2.45. The number of carbonyl (C=O) groups excluding carboxylic acids is 1. The molecule has 0 aliphatic carbocycles. The van der Waals surface area contributed by atoms with Gasteiger partial charge in [-0.2, -0.15) is 0 Å². The highest BCUT2D eigenvalue weighted by molar-refractivity contribution is 5.76. The van der Waals surface area contributed by atoms with Gasteiger partial charge in [0.2, 0.25) is 0 Å². The lowest BCUT2D eigenvalue weighted by Crippen LogP contribution is -2.62. The molecular weight excluding hydrogens is 556 g/mol. The van der Waals surface area contributed by atoms with Gasteiger partial charge in [-0.25, -0.2) is 0 Å². The predicted molar refractivity (Wildman–Crippen MR) is 166 cm³/mol. The topological polar surface area (TPSA) is 72.5 Å². The van der Waals surface area contributed by atoms with Crippen molar-refractivity contribution in [3.05, 3.63) is 144 Å². The number of Topliss-reactive ketones (excluding diaryl/α,β-unsaturated/α-hetero) is 1. The molecule has 1 aliphatic rings. The normalized spacial score (nSPS) is 21.6. The van der Waals surface area contributed by atoms with Crippen molar-refractivity contribution in [2.45, 2.75) is 64.1 Å². The third kappa shape index (κ3) is 9.66. The SMILES string of the molecule is CC(=O)COC1OC(COCc2ccccc2)C(OCc2ccccc2)C(OCc2ccccc2)C1OCc1ccccc1. The van der Waals surface area contributed by atoms with E-state index in [0.717, 1.165) is 22.3 Å². The van der Waals surface area contributed by atoms with Gasteiger partial charge in [0.25, 0.3) is 0 Å². The molecule has 0 radical (unpaired) electrons. The Hall–Kier alpha value is -3.69. The number of hydrogen-bond acceptors (Lipinski definition) is 7. The number of carbonyl (C=O) groups is 1. The van der Waals surface area contributed by atoms with Crippen LogP contribution in [0, 0.1) is 0 Å². The van der Waals surface area contributed by atoms with Gasteiger partial charge in [-0.15, -0.1) is 0 Å². The number of rotatable bonds is 16. The number of hydrogen-bond donors (Lipinski definition) is 0. The van der Waals surface area contributed by atoms with Crippen LogP contribution in [0.2, 0.25) is 0 Å². The van der Waals surface area contributed by atoms with Gasteiger partial charge in [0, 0.05) is 0 Å². The molecular formula is C37H40O7. The minimum absolute atomic E-state index is 0.114. The average Bonchev–Trinajstić information content (AvgIpc) is 3.07. The maximum absolute atomic E-state index is 12.0. The molecule has 44 heavy (non-hydrogen) atoms. The van der Waals surface area contributed by atoms with Crippen LogP contribution in [0.3, 0.4) is 0 Å². The number of ether oxygens (including phenoxy) is 6. The van der Waals surface area contributed by atoms with Gasteiger partial charge in [0.1, 0.15) is 31.0 Å². The molecule has 1 heterocycles. The van der Waals surface area contributed by atoms with Gasteiger partial charge in [-0.3, -0.25) is 4.79 Å². The van der Waals surface area contributed by atoms with Crippen molar-refractivity contribution in [2.75, 3.05) is 13.2 Å². The van der Waals surface area contributed by atoms with Crippen molar-refractivity contribution in [1.82, 2.24) is 0 Å². The fourth-order valence-electron chi connectivity index (χ4n) is 5.08. The lowest BCUT2D eigenvalue weighted by molar-refractivity contribution is -0.326. The fourth-order valence-corrected chi connectivity index (χ4v) is 5.08. The smallest absolute Gasteiger partial charge is 0.187 e. The summed E-state index contributed by atoms with van der Waals surface area (Å²) in [6, 6.07) is 39.8. The van der Waals surface area contributed by atoms with E-state index in [4.69, 9.17) is 28.4 Å². The van der Waals surface area contributed by atoms with Crippen molar-refractivity contribution in [3.63, 3.8) is 0 Å². The average molecular weight is 597 g/mol. The molecule has 4 aromatic carbocycles. The van der Waals surface area contributed by atoms with Crippen LogP contribution in [0.4, 0.5) is 0 Å². The molecule has 0 amide bonds. The first-order valence-corrected chi connectivity index (χ1v) is 15.0. The van der Waals surface area contributed by atoms with E-state index in [2.05, 4.69) is 0 Å². The second-order valence-corrected chi connectivity index (χ2v) is 10.8. The Morgan fingerprint density at radius 1 is 0.545 bits per heavy atom. The molecule has 4 aromatic rings. The third-order valence-electron chi connectivity index (χ3n) is 7.29. The zero-order valence-electron chi connectivity index (χ0n) is 25.0. The lowest BCUT2D eigenvalue weighted by atomic mass is 9.97. The summed E-state index contributed by atoms with van der Waals surface area (Å²) in [4.78, 5) is 12.0. The zero-order valence-corrected chi connectivity index (χ0v) is 25.0. The highest BCUT2D eigenvalue weighted by Gasteiger charge is 2.49. The van der Waals surface area contributed by atoms with Crippen molar-refractivity contribution >= 4 is 5.78 Å².